The Morgan fingerprint density at radius 3 is 2.22 bits per heavy atom. The van der Waals surface area contributed by atoms with Gasteiger partial charge in [-0.15, -0.1) is 11.8 Å². The first-order chi connectivity index (χ1) is 17.7. The molecule has 4 nitrogen and oxygen atoms in total. The lowest BCUT2D eigenvalue weighted by Crippen LogP contribution is -2.33. The lowest BCUT2D eigenvalue weighted by atomic mass is 9.99. The molecule has 0 aromatic heterocycles. The van der Waals surface area contributed by atoms with Gasteiger partial charge in [-0.25, -0.2) is 0 Å². The van der Waals surface area contributed by atoms with Crippen molar-refractivity contribution in [3.05, 3.63) is 78.9 Å². The smallest absolute Gasteiger partial charge is 0.143 e. The maximum atomic E-state index is 6.55. The summed E-state index contributed by atoms with van der Waals surface area (Å²) in [6.45, 7) is 4.07. The fraction of sp³-hybridized carbons (Fsp3) is 0.290. The molecule has 1 aliphatic heterocycles. The molecule has 4 aromatic rings. The largest absolute Gasteiger partial charge is 0.497 e. The molecule has 5 rings (SSSR count). The average molecular weight is 500 g/mol. The van der Waals surface area contributed by atoms with Crippen molar-refractivity contribution in [2.24, 2.45) is 0 Å². The molecule has 0 amide bonds. The number of benzene rings is 4. The van der Waals surface area contributed by atoms with E-state index in [2.05, 4.69) is 53.6 Å². The van der Waals surface area contributed by atoms with Gasteiger partial charge in [0.1, 0.15) is 29.6 Å². The minimum Gasteiger partial charge on any atom is -0.497 e. The number of nitrogens with zero attached hydrogens (tertiary/aromatic N) is 1. The van der Waals surface area contributed by atoms with Gasteiger partial charge in [0.2, 0.25) is 0 Å². The van der Waals surface area contributed by atoms with Gasteiger partial charge < -0.3 is 14.2 Å². The summed E-state index contributed by atoms with van der Waals surface area (Å²) >= 11 is 1.74. The number of thioether (sulfide) groups is 1. The third-order valence-electron chi connectivity index (χ3n) is 6.75. The van der Waals surface area contributed by atoms with E-state index >= 15 is 0 Å². The number of rotatable bonds is 9. The molecule has 0 atom stereocenters. The summed E-state index contributed by atoms with van der Waals surface area (Å²) in [5.74, 6) is 3.32. The van der Waals surface area contributed by atoms with Crippen LogP contribution in [-0.2, 0) is 0 Å². The second-order valence-electron chi connectivity index (χ2n) is 9.08. The van der Waals surface area contributed by atoms with Crippen molar-refractivity contribution in [3.63, 3.8) is 0 Å². The third-order valence-corrected chi connectivity index (χ3v) is 7.49. The zero-order valence-corrected chi connectivity index (χ0v) is 21.9. The van der Waals surface area contributed by atoms with Gasteiger partial charge in [0.05, 0.1) is 7.11 Å². The first-order valence-corrected chi connectivity index (χ1v) is 13.8. The predicted molar refractivity (Wildman–Crippen MR) is 150 cm³/mol. The van der Waals surface area contributed by atoms with Crippen LogP contribution in [0.15, 0.2) is 83.8 Å². The highest BCUT2D eigenvalue weighted by Gasteiger charge is 2.14. The molecule has 0 unspecified atom stereocenters. The van der Waals surface area contributed by atoms with Gasteiger partial charge in [0.25, 0.3) is 0 Å². The number of piperidine rings is 1. The number of methoxy groups -OCH3 is 1. The van der Waals surface area contributed by atoms with E-state index in [0.29, 0.717) is 6.61 Å². The van der Waals surface area contributed by atoms with Crippen LogP contribution in [0.4, 0.5) is 0 Å². The van der Waals surface area contributed by atoms with Gasteiger partial charge in [-0.05, 0) is 104 Å². The van der Waals surface area contributed by atoms with E-state index < -0.39 is 0 Å². The van der Waals surface area contributed by atoms with E-state index in [1.54, 1.807) is 18.9 Å². The zero-order valence-electron chi connectivity index (χ0n) is 21.0. The van der Waals surface area contributed by atoms with Crippen molar-refractivity contribution in [2.75, 3.05) is 39.6 Å². The topological polar surface area (TPSA) is 30.9 Å². The number of hydrogen-bond acceptors (Lipinski definition) is 5. The molecular weight excluding hydrogens is 466 g/mol. The molecule has 1 saturated heterocycles. The molecule has 5 heteroatoms. The molecule has 1 heterocycles. The van der Waals surface area contributed by atoms with E-state index in [4.69, 9.17) is 14.2 Å². The summed E-state index contributed by atoms with van der Waals surface area (Å²) < 4.78 is 18.0. The molecule has 0 bridgehead atoms. The van der Waals surface area contributed by atoms with Crippen LogP contribution in [0.2, 0.25) is 0 Å². The van der Waals surface area contributed by atoms with Crippen molar-refractivity contribution in [3.8, 4) is 34.1 Å². The van der Waals surface area contributed by atoms with Crippen LogP contribution in [0.5, 0.6) is 23.0 Å². The van der Waals surface area contributed by atoms with Gasteiger partial charge in [0.15, 0.2) is 0 Å². The number of fused-ring (bicyclic) bond motifs is 1. The molecule has 1 fully saturated rings. The van der Waals surface area contributed by atoms with Crippen molar-refractivity contribution >= 4 is 22.5 Å². The molecule has 186 valence electrons. The van der Waals surface area contributed by atoms with E-state index in [-0.39, 0.29) is 0 Å². The summed E-state index contributed by atoms with van der Waals surface area (Å²) in [5.41, 5.74) is 2.18. The summed E-state index contributed by atoms with van der Waals surface area (Å²) in [4.78, 5) is 3.73. The second kappa shape index (κ2) is 11.7. The first-order valence-electron chi connectivity index (χ1n) is 12.6. The minimum atomic E-state index is 0.710. The Morgan fingerprint density at radius 2 is 1.50 bits per heavy atom. The molecule has 36 heavy (non-hydrogen) atoms. The van der Waals surface area contributed by atoms with Gasteiger partial charge >= 0.3 is 0 Å². The molecule has 4 aromatic carbocycles. The Morgan fingerprint density at radius 1 is 0.778 bits per heavy atom. The zero-order chi connectivity index (χ0) is 24.7. The summed E-state index contributed by atoms with van der Waals surface area (Å²) in [6, 6.07) is 26.9. The minimum absolute atomic E-state index is 0.710. The maximum absolute atomic E-state index is 6.55. The monoisotopic (exact) mass is 499 g/mol. The molecule has 0 aliphatic carbocycles. The summed E-state index contributed by atoms with van der Waals surface area (Å²) in [5, 5.41) is 2.12. The predicted octanol–water partition coefficient (Wildman–Crippen LogP) is 7.89. The molecule has 0 saturated carbocycles. The third kappa shape index (κ3) is 5.80. The van der Waals surface area contributed by atoms with Crippen LogP contribution in [0.3, 0.4) is 0 Å². The summed E-state index contributed by atoms with van der Waals surface area (Å²) in [6.07, 6.45) is 6.05. The highest BCUT2D eigenvalue weighted by molar-refractivity contribution is 7.98. The van der Waals surface area contributed by atoms with Crippen LogP contribution in [0.1, 0.15) is 19.3 Å². The Hall–Kier alpha value is -3.15. The van der Waals surface area contributed by atoms with Crippen molar-refractivity contribution in [2.45, 2.75) is 24.2 Å². The van der Waals surface area contributed by atoms with Crippen LogP contribution in [0, 0.1) is 0 Å². The highest BCUT2D eigenvalue weighted by Crippen LogP contribution is 2.41. The van der Waals surface area contributed by atoms with Crippen molar-refractivity contribution in [1.29, 1.82) is 0 Å². The lowest BCUT2D eigenvalue weighted by molar-refractivity contribution is 0.183. The normalized spacial score (nSPS) is 14.1. The van der Waals surface area contributed by atoms with Gasteiger partial charge in [-0.1, -0.05) is 24.6 Å². The Balaban J connectivity index is 1.38. The van der Waals surface area contributed by atoms with Crippen molar-refractivity contribution < 1.29 is 14.2 Å². The number of ether oxygens (including phenoxy) is 3. The van der Waals surface area contributed by atoms with E-state index in [1.165, 1.54) is 37.2 Å². The van der Waals surface area contributed by atoms with Crippen molar-refractivity contribution in [1.82, 2.24) is 4.90 Å². The Bertz CT molecular complexity index is 1280. The van der Waals surface area contributed by atoms with E-state index in [9.17, 15) is 0 Å². The molecule has 0 radical (unpaired) electrons. The molecule has 0 N–H and O–H groups in total. The maximum Gasteiger partial charge on any atom is 0.143 e. The highest BCUT2D eigenvalue weighted by atomic mass is 32.2. The molecular formula is C31H33NO3S. The van der Waals surface area contributed by atoms with Crippen LogP contribution < -0.4 is 14.2 Å². The Kier molecular flexibility index (Phi) is 7.99. The van der Waals surface area contributed by atoms with E-state index in [1.807, 2.05) is 36.4 Å². The Labute approximate surface area is 218 Å². The lowest BCUT2D eigenvalue weighted by Gasteiger charge is -2.26. The molecule has 0 spiro atoms. The van der Waals surface area contributed by atoms with Crippen LogP contribution >= 0.6 is 11.8 Å². The molecule has 1 aliphatic rings. The van der Waals surface area contributed by atoms with Gasteiger partial charge in [-0.2, -0.15) is 0 Å². The van der Waals surface area contributed by atoms with Crippen LogP contribution in [0.25, 0.3) is 21.9 Å². The SMILES string of the molecule is COc1ccc2c(Oc3ccc(OCCN4CCCCC4)cc3)c(-c3ccc(SC)cc3)ccc2c1. The average Bonchev–Trinajstić information content (AvgIpc) is 2.94. The van der Waals surface area contributed by atoms with Crippen LogP contribution in [-0.4, -0.2) is 44.5 Å². The number of likely N-dealkylation sites (tertiary alicyclic amines) is 1. The summed E-state index contributed by atoms with van der Waals surface area (Å²) in [7, 11) is 1.69. The number of hydrogen-bond donors (Lipinski definition) is 0. The van der Waals surface area contributed by atoms with Gasteiger partial charge in [0, 0.05) is 22.4 Å². The van der Waals surface area contributed by atoms with Gasteiger partial charge in [-0.3, -0.25) is 4.90 Å². The standard InChI is InChI=1S/C31H33NO3S/c1-33-27-13-17-30-24(22-27)8-16-29(23-6-14-28(36-2)15-7-23)31(30)35-26-11-9-25(10-12-26)34-21-20-32-18-4-3-5-19-32/h6-17,22H,3-5,18-21H2,1-2H3. The fourth-order valence-electron chi connectivity index (χ4n) is 4.71. The first kappa shape index (κ1) is 24.5. The second-order valence-corrected chi connectivity index (χ2v) is 9.96. The quantitative estimate of drug-likeness (QED) is 0.219. The van der Waals surface area contributed by atoms with E-state index in [0.717, 1.165) is 51.4 Å². The fourth-order valence-corrected chi connectivity index (χ4v) is 5.12.